The molecule has 1 aliphatic rings. The van der Waals surface area contributed by atoms with Crippen LogP contribution in [0.15, 0.2) is 95.7 Å². The molecule has 0 unspecified atom stereocenters. The van der Waals surface area contributed by atoms with E-state index in [1.165, 1.54) is 12.0 Å². The van der Waals surface area contributed by atoms with Gasteiger partial charge in [0.25, 0.3) is 5.91 Å². The molecule has 3 aromatic rings. The highest BCUT2D eigenvalue weighted by Crippen LogP contribution is 2.38. The Balaban J connectivity index is 1.62. The minimum atomic E-state index is -0.579. The molecule has 6 heteroatoms. The van der Waals surface area contributed by atoms with E-state index in [1.807, 2.05) is 54.6 Å². The van der Waals surface area contributed by atoms with Gasteiger partial charge in [-0.1, -0.05) is 66.2 Å². The number of benzene rings is 3. The van der Waals surface area contributed by atoms with Gasteiger partial charge in [-0.25, -0.2) is 4.79 Å². The van der Waals surface area contributed by atoms with Gasteiger partial charge in [0.1, 0.15) is 12.4 Å². The van der Waals surface area contributed by atoms with E-state index >= 15 is 0 Å². The van der Waals surface area contributed by atoms with Gasteiger partial charge in [-0.3, -0.25) is 9.69 Å². The topological polar surface area (TPSA) is 55.8 Å². The largest absolute Gasteiger partial charge is 0.489 e. The molecule has 33 heavy (non-hydrogen) atoms. The highest BCUT2D eigenvalue weighted by Gasteiger charge is 2.38. The lowest BCUT2D eigenvalue weighted by Gasteiger charge is -2.19. The summed E-state index contributed by atoms with van der Waals surface area (Å²) in [5.74, 6) is -0.216. The van der Waals surface area contributed by atoms with Crippen molar-refractivity contribution in [2.45, 2.75) is 13.5 Å². The Morgan fingerprint density at radius 2 is 1.64 bits per heavy atom. The normalized spacial score (nSPS) is 14.7. The molecule has 0 aromatic heterocycles. The Morgan fingerprint density at radius 3 is 2.30 bits per heavy atom. The van der Waals surface area contributed by atoms with Crippen LogP contribution in [0.5, 0.6) is 5.75 Å². The van der Waals surface area contributed by atoms with Gasteiger partial charge in [-0.15, -0.1) is 0 Å². The van der Waals surface area contributed by atoms with Crippen molar-refractivity contribution < 1.29 is 19.1 Å². The number of methoxy groups -OCH3 is 1. The molecule has 0 radical (unpaired) electrons. The van der Waals surface area contributed by atoms with Crippen LogP contribution in [0.3, 0.4) is 0 Å². The smallest absolute Gasteiger partial charge is 0.340 e. The van der Waals surface area contributed by atoms with Crippen LogP contribution < -0.4 is 9.64 Å². The number of hydrogen-bond acceptors (Lipinski definition) is 4. The molecule has 5 nitrogen and oxygen atoms in total. The molecule has 1 aliphatic heterocycles. The summed E-state index contributed by atoms with van der Waals surface area (Å²) in [7, 11) is 1.29. The Labute approximate surface area is 197 Å². The van der Waals surface area contributed by atoms with E-state index in [-0.39, 0.29) is 17.1 Å². The molecular weight excluding hydrogens is 438 g/mol. The summed E-state index contributed by atoms with van der Waals surface area (Å²) in [5.41, 5.74) is 3.26. The first-order valence-corrected chi connectivity index (χ1v) is 10.7. The van der Waals surface area contributed by atoms with E-state index in [0.717, 1.165) is 11.1 Å². The molecule has 0 saturated heterocycles. The third-order valence-electron chi connectivity index (χ3n) is 5.32. The molecule has 0 aliphatic carbocycles. The number of amides is 1. The Bertz CT molecular complexity index is 1250. The summed E-state index contributed by atoms with van der Waals surface area (Å²) < 4.78 is 10.8. The first-order valence-electron chi connectivity index (χ1n) is 10.4. The fraction of sp³-hybridized carbons (Fsp3) is 0.111. The number of halogens is 1. The van der Waals surface area contributed by atoms with Crippen molar-refractivity contribution in [1.29, 1.82) is 0 Å². The van der Waals surface area contributed by atoms with Crippen LogP contribution in [0.1, 0.15) is 18.1 Å². The quantitative estimate of drug-likeness (QED) is 0.345. The zero-order chi connectivity index (χ0) is 23.4. The molecular formula is C27H22ClNO4. The molecule has 1 heterocycles. The summed E-state index contributed by atoms with van der Waals surface area (Å²) in [6.45, 7) is 2.16. The minimum absolute atomic E-state index is 0.215. The van der Waals surface area contributed by atoms with Crippen molar-refractivity contribution in [2.24, 2.45) is 0 Å². The van der Waals surface area contributed by atoms with Gasteiger partial charge in [0, 0.05) is 5.70 Å². The van der Waals surface area contributed by atoms with Gasteiger partial charge in [0.05, 0.1) is 29.0 Å². The number of carbonyl (C=O) groups is 2. The van der Waals surface area contributed by atoms with E-state index in [4.69, 9.17) is 21.1 Å². The summed E-state index contributed by atoms with van der Waals surface area (Å²) in [6.07, 6.45) is 1.68. The zero-order valence-electron chi connectivity index (χ0n) is 18.2. The van der Waals surface area contributed by atoms with Crippen molar-refractivity contribution >= 4 is 35.2 Å². The van der Waals surface area contributed by atoms with Gasteiger partial charge in [0.15, 0.2) is 0 Å². The van der Waals surface area contributed by atoms with Crippen LogP contribution in [-0.4, -0.2) is 19.0 Å². The number of carbonyl (C=O) groups excluding carboxylic acids is 2. The highest BCUT2D eigenvalue weighted by molar-refractivity contribution is 6.35. The van der Waals surface area contributed by atoms with Gasteiger partial charge < -0.3 is 9.47 Å². The number of nitrogens with zero attached hydrogens (tertiary/aromatic N) is 1. The summed E-state index contributed by atoms with van der Waals surface area (Å²) >= 11 is 6.33. The standard InChI is InChI=1S/C27H22ClNO4/c1-18-25(27(31)32-2)22(26(30)29(18)24-11-7-6-10-23(24)28)16-19-12-14-21(15-13-19)33-17-20-8-4-3-5-9-20/h3-16H,17H2,1-2H3/b22-16-. The van der Waals surface area contributed by atoms with Crippen molar-refractivity contribution in [3.63, 3.8) is 0 Å². The highest BCUT2D eigenvalue weighted by atomic mass is 35.5. The third kappa shape index (κ3) is 4.69. The van der Waals surface area contributed by atoms with Crippen molar-refractivity contribution in [2.75, 3.05) is 12.0 Å². The number of esters is 1. The lowest BCUT2D eigenvalue weighted by molar-refractivity contribution is -0.136. The van der Waals surface area contributed by atoms with Crippen molar-refractivity contribution in [1.82, 2.24) is 0 Å². The van der Waals surface area contributed by atoms with Crippen LogP contribution in [0.2, 0.25) is 5.02 Å². The summed E-state index contributed by atoms with van der Waals surface area (Å²) in [4.78, 5) is 27.4. The maximum atomic E-state index is 13.4. The molecule has 0 atom stereocenters. The van der Waals surface area contributed by atoms with Crippen molar-refractivity contribution in [3.8, 4) is 5.75 Å². The molecule has 0 spiro atoms. The summed E-state index contributed by atoms with van der Waals surface area (Å²) in [5, 5.41) is 0.413. The third-order valence-corrected chi connectivity index (χ3v) is 5.64. The number of para-hydroxylation sites is 1. The van der Waals surface area contributed by atoms with E-state index in [9.17, 15) is 9.59 Å². The molecule has 0 fully saturated rings. The fourth-order valence-corrected chi connectivity index (χ4v) is 3.89. The van der Waals surface area contributed by atoms with Crippen LogP contribution in [0, 0.1) is 0 Å². The molecule has 0 bridgehead atoms. The number of rotatable bonds is 6. The zero-order valence-corrected chi connectivity index (χ0v) is 19.0. The Hall–Kier alpha value is -3.83. The first kappa shape index (κ1) is 22.4. The van der Waals surface area contributed by atoms with Gasteiger partial charge in [-0.05, 0) is 48.4 Å². The average molecular weight is 460 g/mol. The number of anilines is 1. The van der Waals surface area contributed by atoms with Gasteiger partial charge in [0.2, 0.25) is 0 Å². The molecule has 0 saturated carbocycles. The first-order chi connectivity index (χ1) is 16.0. The number of ether oxygens (including phenoxy) is 2. The van der Waals surface area contributed by atoms with E-state index in [2.05, 4.69) is 0 Å². The van der Waals surface area contributed by atoms with Crippen LogP contribution >= 0.6 is 11.6 Å². The second-order valence-electron chi connectivity index (χ2n) is 7.45. The molecule has 166 valence electrons. The predicted molar refractivity (Wildman–Crippen MR) is 129 cm³/mol. The molecule has 0 N–H and O–H groups in total. The van der Waals surface area contributed by atoms with E-state index in [0.29, 0.717) is 28.8 Å². The average Bonchev–Trinajstić information content (AvgIpc) is 3.08. The molecule has 1 amide bonds. The second-order valence-corrected chi connectivity index (χ2v) is 7.85. The summed E-state index contributed by atoms with van der Waals surface area (Å²) in [6, 6.07) is 24.2. The monoisotopic (exact) mass is 459 g/mol. The van der Waals surface area contributed by atoms with Gasteiger partial charge >= 0.3 is 5.97 Å². The predicted octanol–water partition coefficient (Wildman–Crippen LogP) is 5.80. The van der Waals surface area contributed by atoms with E-state index in [1.54, 1.807) is 37.3 Å². The second kappa shape index (κ2) is 9.76. The number of hydrogen-bond donors (Lipinski definition) is 0. The van der Waals surface area contributed by atoms with Crippen LogP contribution in [-0.2, 0) is 20.9 Å². The minimum Gasteiger partial charge on any atom is -0.489 e. The SMILES string of the molecule is COC(=O)C1=C(C)N(c2ccccc2Cl)C(=O)/C1=C\c1ccc(OCc2ccccc2)cc1. The fourth-order valence-electron chi connectivity index (χ4n) is 3.67. The Morgan fingerprint density at radius 1 is 0.970 bits per heavy atom. The van der Waals surface area contributed by atoms with Crippen LogP contribution in [0.4, 0.5) is 5.69 Å². The maximum absolute atomic E-state index is 13.4. The van der Waals surface area contributed by atoms with Crippen molar-refractivity contribution in [3.05, 3.63) is 112 Å². The van der Waals surface area contributed by atoms with E-state index < -0.39 is 5.97 Å². The Kier molecular flexibility index (Phi) is 6.61. The lowest BCUT2D eigenvalue weighted by Crippen LogP contribution is -2.24. The molecule has 3 aromatic carbocycles. The maximum Gasteiger partial charge on any atom is 0.340 e. The molecule has 4 rings (SSSR count). The van der Waals surface area contributed by atoms with Gasteiger partial charge in [-0.2, -0.15) is 0 Å². The number of allylic oxidation sites excluding steroid dienone is 1. The lowest BCUT2D eigenvalue weighted by atomic mass is 10.0. The van der Waals surface area contributed by atoms with Crippen LogP contribution in [0.25, 0.3) is 6.08 Å².